The summed E-state index contributed by atoms with van der Waals surface area (Å²) in [6.45, 7) is 0.451. The minimum absolute atomic E-state index is 0.00283. The van der Waals surface area contributed by atoms with Crippen LogP contribution >= 0.6 is 11.6 Å². The number of rotatable bonds is 6. The van der Waals surface area contributed by atoms with Gasteiger partial charge in [-0.3, -0.25) is 4.79 Å². The van der Waals surface area contributed by atoms with Crippen molar-refractivity contribution in [3.05, 3.63) is 113 Å². The van der Waals surface area contributed by atoms with Gasteiger partial charge >= 0.3 is 0 Å². The normalized spacial score (nSPS) is 11.1. The first-order valence-corrected chi connectivity index (χ1v) is 10.4. The zero-order valence-electron chi connectivity index (χ0n) is 17.1. The molecule has 0 bridgehead atoms. The maximum Gasteiger partial charge on any atom is 0.266 e. The Hall–Kier alpha value is -4.07. The molecule has 4 aromatic rings. The molecule has 1 N–H and O–H groups in total. The second-order valence-electron chi connectivity index (χ2n) is 7.10. The molecule has 32 heavy (non-hydrogen) atoms. The Morgan fingerprint density at radius 3 is 2.31 bits per heavy atom. The van der Waals surface area contributed by atoms with E-state index in [-0.39, 0.29) is 5.57 Å². The Morgan fingerprint density at radius 2 is 1.59 bits per heavy atom. The van der Waals surface area contributed by atoms with Gasteiger partial charge in [0.05, 0.1) is 0 Å². The number of fused-ring (bicyclic) bond motifs is 1. The molecule has 0 aliphatic heterocycles. The van der Waals surface area contributed by atoms with Crippen molar-refractivity contribution >= 4 is 40.0 Å². The molecule has 0 fully saturated rings. The third-order valence-electron chi connectivity index (χ3n) is 4.92. The van der Waals surface area contributed by atoms with E-state index < -0.39 is 5.91 Å². The van der Waals surface area contributed by atoms with E-state index in [1.807, 2.05) is 72.8 Å². The Morgan fingerprint density at radius 1 is 0.906 bits per heavy atom. The zero-order valence-corrected chi connectivity index (χ0v) is 17.8. The van der Waals surface area contributed by atoms with Gasteiger partial charge in [-0.2, -0.15) is 5.26 Å². The summed E-state index contributed by atoms with van der Waals surface area (Å²) in [6.07, 6.45) is 1.59. The van der Waals surface area contributed by atoms with Crippen LogP contribution in [0.15, 0.2) is 96.6 Å². The van der Waals surface area contributed by atoms with E-state index in [0.29, 0.717) is 17.3 Å². The molecule has 4 nitrogen and oxygen atoms in total. The fraction of sp³-hybridized carbons (Fsp3) is 0.0370. The zero-order chi connectivity index (χ0) is 22.3. The van der Waals surface area contributed by atoms with Crippen molar-refractivity contribution in [2.45, 2.75) is 6.61 Å². The number of hydrogen-bond donors (Lipinski definition) is 1. The van der Waals surface area contributed by atoms with Crippen molar-refractivity contribution in [1.29, 1.82) is 5.26 Å². The fourth-order valence-electron chi connectivity index (χ4n) is 3.32. The average molecular weight is 439 g/mol. The second kappa shape index (κ2) is 9.82. The molecule has 0 aliphatic carbocycles. The predicted octanol–water partition coefficient (Wildman–Crippen LogP) is 6.62. The number of ether oxygens (including phenoxy) is 1. The summed E-state index contributed by atoms with van der Waals surface area (Å²) in [4.78, 5) is 12.6. The van der Waals surface area contributed by atoms with Crippen LogP contribution in [0.3, 0.4) is 0 Å². The highest BCUT2D eigenvalue weighted by atomic mass is 35.5. The average Bonchev–Trinajstić information content (AvgIpc) is 2.83. The number of halogens is 1. The van der Waals surface area contributed by atoms with E-state index in [2.05, 4.69) is 5.32 Å². The summed E-state index contributed by atoms with van der Waals surface area (Å²) in [7, 11) is 0. The largest absolute Gasteiger partial charge is 0.488 e. The molecule has 4 rings (SSSR count). The molecule has 0 aliphatic rings. The molecule has 0 atom stereocenters. The lowest BCUT2D eigenvalue weighted by Crippen LogP contribution is -2.13. The smallest absolute Gasteiger partial charge is 0.266 e. The van der Waals surface area contributed by atoms with Crippen LogP contribution in [-0.2, 0) is 11.4 Å². The molecule has 5 heteroatoms. The van der Waals surface area contributed by atoms with E-state index >= 15 is 0 Å². The first-order valence-electron chi connectivity index (χ1n) is 10.0. The van der Waals surface area contributed by atoms with Gasteiger partial charge in [0.2, 0.25) is 0 Å². The molecular formula is C27H19ClN2O2. The molecule has 156 valence electrons. The Balaban J connectivity index is 1.61. The van der Waals surface area contributed by atoms with Crippen LogP contribution in [0.25, 0.3) is 16.8 Å². The number of hydrogen-bond acceptors (Lipinski definition) is 3. The lowest BCUT2D eigenvalue weighted by Gasteiger charge is -2.12. The first kappa shape index (κ1) is 21.2. The third-order valence-corrected chi connectivity index (χ3v) is 5.17. The van der Waals surface area contributed by atoms with E-state index in [0.717, 1.165) is 27.6 Å². The summed E-state index contributed by atoms with van der Waals surface area (Å²) < 4.78 is 6.05. The predicted molar refractivity (Wildman–Crippen MR) is 128 cm³/mol. The third kappa shape index (κ3) is 4.97. The van der Waals surface area contributed by atoms with Crippen molar-refractivity contribution < 1.29 is 9.53 Å². The molecule has 0 radical (unpaired) electrons. The SMILES string of the molecule is N#C/C(=C/c1ccc(OCc2ccccc2)c2ccccc12)C(=O)Nc1ccc(Cl)cc1. The van der Waals surface area contributed by atoms with Crippen molar-refractivity contribution in [2.75, 3.05) is 5.32 Å². The van der Waals surface area contributed by atoms with Crippen LogP contribution in [0.2, 0.25) is 5.02 Å². The molecule has 0 unspecified atom stereocenters. The van der Waals surface area contributed by atoms with Gasteiger partial charge in [0.1, 0.15) is 24.0 Å². The lowest BCUT2D eigenvalue weighted by atomic mass is 10.0. The van der Waals surface area contributed by atoms with Crippen LogP contribution in [0.4, 0.5) is 5.69 Å². The Labute approximate surface area is 191 Å². The van der Waals surface area contributed by atoms with Gasteiger partial charge in [-0.15, -0.1) is 0 Å². The van der Waals surface area contributed by atoms with Gasteiger partial charge in [0.15, 0.2) is 0 Å². The molecular weight excluding hydrogens is 420 g/mol. The van der Waals surface area contributed by atoms with Crippen molar-refractivity contribution in [3.63, 3.8) is 0 Å². The van der Waals surface area contributed by atoms with Crippen LogP contribution < -0.4 is 10.1 Å². The van der Waals surface area contributed by atoms with Crippen LogP contribution in [-0.4, -0.2) is 5.91 Å². The summed E-state index contributed by atoms with van der Waals surface area (Å²) in [5.41, 5.74) is 2.40. The van der Waals surface area contributed by atoms with Crippen LogP contribution in [0.5, 0.6) is 5.75 Å². The number of carbonyl (C=O) groups excluding carboxylic acids is 1. The summed E-state index contributed by atoms with van der Waals surface area (Å²) >= 11 is 5.88. The topological polar surface area (TPSA) is 62.1 Å². The lowest BCUT2D eigenvalue weighted by molar-refractivity contribution is -0.112. The highest BCUT2D eigenvalue weighted by Gasteiger charge is 2.12. The highest BCUT2D eigenvalue weighted by Crippen LogP contribution is 2.30. The Bertz CT molecular complexity index is 1320. The van der Waals surface area contributed by atoms with E-state index in [9.17, 15) is 10.1 Å². The molecule has 0 heterocycles. The highest BCUT2D eigenvalue weighted by molar-refractivity contribution is 6.30. The maximum atomic E-state index is 12.6. The van der Waals surface area contributed by atoms with Gasteiger partial charge < -0.3 is 10.1 Å². The van der Waals surface area contributed by atoms with Crippen LogP contribution in [0.1, 0.15) is 11.1 Å². The van der Waals surface area contributed by atoms with Crippen molar-refractivity contribution in [2.24, 2.45) is 0 Å². The molecule has 0 aromatic heterocycles. The number of amides is 1. The number of nitrogens with zero attached hydrogens (tertiary/aromatic N) is 1. The Kier molecular flexibility index (Phi) is 6.50. The van der Waals surface area contributed by atoms with Gasteiger partial charge in [-0.25, -0.2) is 0 Å². The van der Waals surface area contributed by atoms with E-state index in [1.54, 1.807) is 30.3 Å². The van der Waals surface area contributed by atoms with Crippen LogP contribution in [0, 0.1) is 11.3 Å². The van der Waals surface area contributed by atoms with Gasteiger partial charge in [-0.1, -0.05) is 72.3 Å². The number of nitriles is 1. The molecule has 0 saturated heterocycles. The van der Waals surface area contributed by atoms with Crippen molar-refractivity contribution in [1.82, 2.24) is 0 Å². The monoisotopic (exact) mass is 438 g/mol. The van der Waals surface area contributed by atoms with Gasteiger partial charge in [-0.05, 0) is 52.9 Å². The maximum absolute atomic E-state index is 12.6. The minimum atomic E-state index is -0.483. The standard InChI is InChI=1S/C27H19ClN2O2/c28-22-11-13-23(14-12-22)30-27(31)21(17-29)16-20-10-15-26(25-9-5-4-8-24(20)25)32-18-19-6-2-1-3-7-19/h1-16H,18H2,(H,30,31)/b21-16-. The minimum Gasteiger partial charge on any atom is -0.488 e. The summed E-state index contributed by atoms with van der Waals surface area (Å²) in [5, 5.41) is 14.7. The molecule has 0 spiro atoms. The first-order chi connectivity index (χ1) is 15.6. The fourth-order valence-corrected chi connectivity index (χ4v) is 3.44. The molecule has 1 amide bonds. The van der Waals surface area contributed by atoms with Gasteiger partial charge in [0.25, 0.3) is 5.91 Å². The van der Waals surface area contributed by atoms with Crippen molar-refractivity contribution in [3.8, 4) is 11.8 Å². The molecule has 0 saturated carbocycles. The molecule has 4 aromatic carbocycles. The number of anilines is 1. The second-order valence-corrected chi connectivity index (χ2v) is 7.54. The number of carbonyl (C=O) groups is 1. The summed E-state index contributed by atoms with van der Waals surface area (Å²) in [6, 6.07) is 30.1. The summed E-state index contributed by atoms with van der Waals surface area (Å²) in [5.74, 6) is 0.258. The quantitative estimate of drug-likeness (QED) is 0.272. The number of nitrogens with one attached hydrogen (secondary N) is 1. The van der Waals surface area contributed by atoms with Gasteiger partial charge in [0, 0.05) is 16.1 Å². The number of benzene rings is 4. The van der Waals surface area contributed by atoms with E-state index in [1.165, 1.54) is 0 Å². The van der Waals surface area contributed by atoms with E-state index in [4.69, 9.17) is 16.3 Å².